The molecule has 2 amide bonds. The Hall–Kier alpha value is -5.84. The largest absolute Gasteiger partial charge is 0.497 e. The monoisotopic (exact) mass is 833 g/mol. The summed E-state index contributed by atoms with van der Waals surface area (Å²) in [4.78, 5) is 29.9. The van der Waals surface area contributed by atoms with Gasteiger partial charge in [-0.05, 0) is 140 Å². The van der Waals surface area contributed by atoms with E-state index in [1.807, 2.05) is 12.1 Å². The van der Waals surface area contributed by atoms with Crippen molar-refractivity contribution in [2.75, 3.05) is 46.4 Å². The highest BCUT2D eigenvalue weighted by molar-refractivity contribution is 5.99. The van der Waals surface area contributed by atoms with Crippen molar-refractivity contribution in [1.29, 1.82) is 0 Å². The molecule has 0 spiro atoms. The van der Waals surface area contributed by atoms with E-state index in [-0.39, 0.29) is 41.4 Å². The molecule has 5 aromatic carbocycles. The van der Waals surface area contributed by atoms with Gasteiger partial charge in [-0.1, -0.05) is 87.0 Å². The molecule has 8 rings (SSSR count). The van der Waals surface area contributed by atoms with E-state index in [2.05, 4.69) is 162 Å². The second-order valence-corrected chi connectivity index (χ2v) is 18.2. The molecule has 0 aliphatic carbocycles. The molecule has 0 aromatic heterocycles. The van der Waals surface area contributed by atoms with Crippen LogP contribution in [0.5, 0.6) is 5.75 Å². The predicted molar refractivity (Wildman–Crippen MR) is 253 cm³/mol. The van der Waals surface area contributed by atoms with Crippen molar-refractivity contribution in [1.82, 2.24) is 10.6 Å². The Morgan fingerprint density at radius 3 is 1.55 bits per heavy atom. The minimum absolute atomic E-state index is 0.0000276. The molecule has 324 valence electrons. The topological polar surface area (TPSA) is 119 Å². The summed E-state index contributed by atoms with van der Waals surface area (Å²) >= 11 is 0. The summed E-state index contributed by atoms with van der Waals surface area (Å²) in [6.07, 6.45) is 5.44. The second-order valence-electron chi connectivity index (χ2n) is 18.2. The Balaban J connectivity index is 1.14. The highest BCUT2D eigenvalue weighted by Gasteiger charge is 2.37. The van der Waals surface area contributed by atoms with Crippen LogP contribution in [0.3, 0.4) is 0 Å². The van der Waals surface area contributed by atoms with Crippen molar-refractivity contribution in [3.05, 3.63) is 143 Å². The number of anilines is 5. The lowest BCUT2D eigenvalue weighted by Gasteiger charge is -2.34. The van der Waals surface area contributed by atoms with Crippen LogP contribution in [-0.4, -0.2) is 44.1 Å². The molecular formula is C52H63N7O3. The van der Waals surface area contributed by atoms with E-state index in [9.17, 15) is 9.59 Å². The van der Waals surface area contributed by atoms with E-state index in [4.69, 9.17) is 4.74 Å². The third kappa shape index (κ3) is 10.1. The molecule has 0 saturated carbocycles. The number of methoxy groups -OCH3 is 1. The van der Waals surface area contributed by atoms with Crippen molar-refractivity contribution in [2.24, 2.45) is 0 Å². The number of rotatable bonds is 14. The summed E-state index contributed by atoms with van der Waals surface area (Å²) in [6, 6.07) is 38.3. The van der Waals surface area contributed by atoms with Crippen molar-refractivity contribution in [3.8, 4) is 5.75 Å². The zero-order valence-corrected chi connectivity index (χ0v) is 36.9. The van der Waals surface area contributed by atoms with Gasteiger partial charge in [-0.25, -0.2) is 0 Å². The number of carbonyl (C=O) groups is 2. The predicted octanol–water partition coefficient (Wildman–Crippen LogP) is 9.99. The highest BCUT2D eigenvalue weighted by atomic mass is 16.5. The highest BCUT2D eigenvalue weighted by Crippen LogP contribution is 2.49. The molecule has 3 aliphatic heterocycles. The average molecular weight is 834 g/mol. The minimum Gasteiger partial charge on any atom is -0.497 e. The van der Waals surface area contributed by atoms with Crippen LogP contribution in [0, 0.1) is 6.92 Å². The standard InChI is InChI=1S/C52H63N7O3/c1-34-10-12-35(13-11-34)32-55-42-24-16-37(30-46(42)57-50(60)44-8-6-28-53-44)48-26-27-49(59(48)40-20-18-39(19-21-40)52(2,3)4)38-17-25-43(56-33-36-14-22-41(62-5)23-15-36)47(31-38)58-51(61)45-9-7-29-54-45/h10-25,30-31,44-45,48-49,53-56H,6-9,26-29,32-33H2,1-5H3,(H,57,60)(H,58,61). The van der Waals surface area contributed by atoms with Gasteiger partial charge in [-0.15, -0.1) is 0 Å². The van der Waals surface area contributed by atoms with Gasteiger partial charge >= 0.3 is 0 Å². The van der Waals surface area contributed by atoms with Crippen LogP contribution in [0.1, 0.15) is 105 Å². The second kappa shape index (κ2) is 19.1. The first-order valence-corrected chi connectivity index (χ1v) is 22.4. The third-order valence-electron chi connectivity index (χ3n) is 12.8. The Morgan fingerprint density at radius 1 is 0.629 bits per heavy atom. The van der Waals surface area contributed by atoms with Crippen molar-refractivity contribution >= 4 is 40.3 Å². The third-order valence-corrected chi connectivity index (χ3v) is 12.8. The van der Waals surface area contributed by atoms with E-state index >= 15 is 0 Å². The number of hydrogen-bond acceptors (Lipinski definition) is 8. The van der Waals surface area contributed by atoms with Crippen molar-refractivity contribution in [3.63, 3.8) is 0 Å². The van der Waals surface area contributed by atoms with E-state index < -0.39 is 0 Å². The quantitative estimate of drug-likeness (QED) is 0.0655. The number of nitrogens with zero attached hydrogens (tertiary/aromatic N) is 1. The van der Waals surface area contributed by atoms with Gasteiger partial charge in [0.25, 0.3) is 0 Å². The van der Waals surface area contributed by atoms with Crippen LogP contribution in [0.25, 0.3) is 0 Å². The lowest BCUT2D eigenvalue weighted by atomic mass is 9.87. The summed E-state index contributed by atoms with van der Waals surface area (Å²) in [7, 11) is 1.67. The molecule has 0 radical (unpaired) electrons. The molecule has 10 heteroatoms. The normalized spacial score (nSPS) is 19.9. The molecule has 10 nitrogen and oxygen atoms in total. The number of nitrogens with one attached hydrogen (secondary N) is 6. The molecule has 3 heterocycles. The molecule has 6 N–H and O–H groups in total. The smallest absolute Gasteiger partial charge is 0.241 e. The molecule has 0 bridgehead atoms. The van der Waals surface area contributed by atoms with Crippen LogP contribution < -0.4 is 41.5 Å². The molecule has 3 saturated heterocycles. The van der Waals surface area contributed by atoms with Gasteiger partial charge < -0.3 is 41.5 Å². The SMILES string of the molecule is COc1ccc(CNc2ccc(C3CCC(c4ccc(NCc5ccc(C)cc5)c(NC(=O)C5CCCN5)c4)N3c3ccc(C(C)(C)C)cc3)cc2NC(=O)C2CCCN2)cc1. The molecule has 5 aromatic rings. The van der Waals surface area contributed by atoms with Gasteiger partial charge in [0.2, 0.25) is 11.8 Å². The minimum atomic E-state index is -0.213. The number of ether oxygens (including phenoxy) is 1. The van der Waals surface area contributed by atoms with E-state index in [1.165, 1.54) is 16.7 Å². The number of amides is 2. The van der Waals surface area contributed by atoms with Crippen molar-refractivity contribution in [2.45, 2.75) is 109 Å². The summed E-state index contributed by atoms with van der Waals surface area (Å²) in [5.41, 5.74) is 11.5. The lowest BCUT2D eigenvalue weighted by molar-refractivity contribution is -0.118. The van der Waals surface area contributed by atoms with Gasteiger partial charge in [-0.3, -0.25) is 9.59 Å². The van der Waals surface area contributed by atoms with Crippen LogP contribution >= 0.6 is 0 Å². The maximum absolute atomic E-state index is 13.7. The van der Waals surface area contributed by atoms with Crippen molar-refractivity contribution < 1.29 is 14.3 Å². The van der Waals surface area contributed by atoms with E-state index in [0.29, 0.717) is 13.1 Å². The van der Waals surface area contributed by atoms with Crippen LogP contribution in [0.15, 0.2) is 109 Å². The maximum atomic E-state index is 13.7. The van der Waals surface area contributed by atoms with Gasteiger partial charge in [0.15, 0.2) is 0 Å². The molecule has 4 atom stereocenters. The summed E-state index contributed by atoms with van der Waals surface area (Å²) < 4.78 is 5.38. The Morgan fingerprint density at radius 2 is 1.11 bits per heavy atom. The van der Waals surface area contributed by atoms with Crippen LogP contribution in [0.4, 0.5) is 28.4 Å². The molecule has 62 heavy (non-hydrogen) atoms. The van der Waals surface area contributed by atoms with Crippen LogP contribution in [0.2, 0.25) is 0 Å². The Bertz CT molecular complexity index is 2310. The van der Waals surface area contributed by atoms with Gasteiger partial charge in [0.05, 0.1) is 54.0 Å². The summed E-state index contributed by atoms with van der Waals surface area (Å²) in [5, 5.41) is 20.6. The summed E-state index contributed by atoms with van der Waals surface area (Å²) in [6.45, 7) is 11.8. The van der Waals surface area contributed by atoms with E-state index in [0.717, 1.165) is 102 Å². The number of hydrogen-bond donors (Lipinski definition) is 6. The first-order chi connectivity index (χ1) is 30.0. The molecule has 4 unspecified atom stereocenters. The van der Waals surface area contributed by atoms with Gasteiger partial charge in [-0.2, -0.15) is 0 Å². The first kappa shape index (κ1) is 42.8. The fourth-order valence-electron chi connectivity index (χ4n) is 9.11. The molecular weight excluding hydrogens is 771 g/mol. The Kier molecular flexibility index (Phi) is 13.2. The fraction of sp³-hybridized carbons (Fsp3) is 0.385. The molecule has 3 aliphatic rings. The van der Waals surface area contributed by atoms with E-state index in [1.54, 1.807) is 7.11 Å². The summed E-state index contributed by atoms with van der Waals surface area (Å²) in [5.74, 6) is 0.806. The average Bonchev–Trinajstić information content (AvgIpc) is 4.10. The number of carbonyl (C=O) groups excluding carboxylic acids is 2. The van der Waals surface area contributed by atoms with Gasteiger partial charge in [0.1, 0.15) is 5.75 Å². The Labute approximate surface area is 367 Å². The first-order valence-electron chi connectivity index (χ1n) is 22.4. The fourth-order valence-corrected chi connectivity index (χ4v) is 9.11. The number of benzene rings is 5. The number of aryl methyl sites for hydroxylation is 1. The zero-order valence-electron chi connectivity index (χ0n) is 36.9. The van der Waals surface area contributed by atoms with Gasteiger partial charge in [0, 0.05) is 18.8 Å². The zero-order chi connectivity index (χ0) is 43.2. The van der Waals surface area contributed by atoms with Crippen LogP contribution in [-0.2, 0) is 28.1 Å². The molecule has 3 fully saturated rings. The lowest BCUT2D eigenvalue weighted by Crippen LogP contribution is -2.35. The maximum Gasteiger partial charge on any atom is 0.241 e.